The van der Waals surface area contributed by atoms with Crippen molar-refractivity contribution in [2.45, 2.75) is 5.41 Å². The number of rotatable bonds is 7. The summed E-state index contributed by atoms with van der Waals surface area (Å²) < 4.78 is 12.0. The zero-order valence-corrected chi connectivity index (χ0v) is 37.1. The molecule has 0 atom stereocenters. The van der Waals surface area contributed by atoms with E-state index in [1.165, 1.54) is 75.4 Å². The molecule has 3 aromatic heterocycles. The van der Waals surface area contributed by atoms with Gasteiger partial charge in [0.05, 0.1) is 21.4 Å². The lowest BCUT2D eigenvalue weighted by molar-refractivity contribution is 0.502. The third-order valence-electron chi connectivity index (χ3n) is 14.1. The molecule has 3 nitrogen and oxygen atoms in total. The van der Waals surface area contributed by atoms with Crippen molar-refractivity contribution >= 4 is 81.3 Å². The molecule has 10 aromatic carbocycles. The Morgan fingerprint density at radius 1 is 0.433 bits per heavy atom. The number of hydrogen-bond donors (Lipinski definition) is 0. The fourth-order valence-corrected chi connectivity index (χ4v) is 12.4. The second kappa shape index (κ2) is 14.8. The molecule has 0 bridgehead atoms. The molecule has 14 rings (SSSR count). The SMILES string of the molecule is c1ccc(-n2c3ccccc3c3cc(-c4ccc(N(c5ccc6c(c5)C(c5ccccc5)(c5ccccc5)c5oc7ccccc7c5-6)c5cccc6c5sc5ccccc56)cc4)ccc32)cc1. The van der Waals surface area contributed by atoms with E-state index in [-0.39, 0.29) is 0 Å². The first-order chi connectivity index (χ1) is 33.2. The van der Waals surface area contributed by atoms with E-state index in [4.69, 9.17) is 4.42 Å². The summed E-state index contributed by atoms with van der Waals surface area (Å²) in [4.78, 5) is 2.47. The third-order valence-corrected chi connectivity index (χ3v) is 15.3. The quantitative estimate of drug-likeness (QED) is 0.159. The van der Waals surface area contributed by atoms with Crippen LogP contribution in [0.25, 0.3) is 80.9 Å². The summed E-state index contributed by atoms with van der Waals surface area (Å²) in [5.74, 6) is 0.963. The van der Waals surface area contributed by atoms with E-state index in [1.807, 2.05) is 11.3 Å². The lowest BCUT2D eigenvalue weighted by Gasteiger charge is -2.33. The molecule has 0 N–H and O–H groups in total. The first-order valence-corrected chi connectivity index (χ1v) is 23.7. The van der Waals surface area contributed by atoms with Gasteiger partial charge in [0.15, 0.2) is 0 Å². The Hall–Kier alpha value is -8.44. The lowest BCUT2D eigenvalue weighted by Crippen LogP contribution is -2.28. The Bertz CT molecular complexity index is 3990. The van der Waals surface area contributed by atoms with Crippen molar-refractivity contribution in [1.82, 2.24) is 4.57 Å². The molecular weight excluding hydrogens is 833 g/mol. The molecule has 67 heavy (non-hydrogen) atoms. The maximum Gasteiger partial charge on any atom is 0.135 e. The average molecular weight is 873 g/mol. The van der Waals surface area contributed by atoms with Crippen molar-refractivity contribution in [2.75, 3.05) is 4.90 Å². The van der Waals surface area contributed by atoms with Crippen LogP contribution in [0.1, 0.15) is 22.5 Å². The summed E-state index contributed by atoms with van der Waals surface area (Å²) in [5.41, 5.74) is 15.3. The van der Waals surface area contributed by atoms with Gasteiger partial charge in [0.2, 0.25) is 0 Å². The van der Waals surface area contributed by atoms with Crippen LogP contribution in [-0.2, 0) is 5.41 Å². The Morgan fingerprint density at radius 3 is 1.82 bits per heavy atom. The number of fused-ring (bicyclic) bond motifs is 11. The van der Waals surface area contributed by atoms with E-state index < -0.39 is 5.41 Å². The lowest BCUT2D eigenvalue weighted by atomic mass is 9.70. The van der Waals surface area contributed by atoms with Gasteiger partial charge in [-0.3, -0.25) is 0 Å². The first-order valence-electron chi connectivity index (χ1n) is 22.9. The summed E-state index contributed by atoms with van der Waals surface area (Å²) in [7, 11) is 0. The molecule has 0 spiro atoms. The van der Waals surface area contributed by atoms with Crippen LogP contribution in [0.4, 0.5) is 17.1 Å². The van der Waals surface area contributed by atoms with Crippen LogP contribution in [0.3, 0.4) is 0 Å². The number of hydrogen-bond acceptors (Lipinski definition) is 3. The molecule has 4 heteroatoms. The zero-order chi connectivity index (χ0) is 44.1. The minimum atomic E-state index is -0.705. The number of nitrogens with zero attached hydrogens (tertiary/aromatic N) is 2. The zero-order valence-electron chi connectivity index (χ0n) is 36.3. The van der Waals surface area contributed by atoms with E-state index >= 15 is 0 Å². The standard InChI is InChI=1S/C63H40N2OS/c1-4-17-43(18-5-1)63(44-19-6-2-7-20-44)54-40-47(36-37-51(54)60-52-25-11-14-29-58(52)66-62(60)63)64(57-28-16-26-50-49-24-12-15-30-59(49)67-61(50)57)46-34-31-41(32-35-46)42-33-38-56-53(39-42)48-23-10-13-27-55(48)65(56)45-21-8-3-9-22-45/h1-40H. The van der Waals surface area contributed by atoms with Crippen LogP contribution in [0.15, 0.2) is 247 Å². The van der Waals surface area contributed by atoms with Gasteiger partial charge in [-0.05, 0) is 106 Å². The van der Waals surface area contributed by atoms with Crippen LogP contribution < -0.4 is 4.90 Å². The van der Waals surface area contributed by atoms with Crippen molar-refractivity contribution in [2.24, 2.45) is 0 Å². The summed E-state index contributed by atoms with van der Waals surface area (Å²) in [5, 5.41) is 6.16. The monoisotopic (exact) mass is 872 g/mol. The van der Waals surface area contributed by atoms with E-state index in [0.29, 0.717) is 0 Å². The van der Waals surface area contributed by atoms with Crippen LogP contribution in [0.5, 0.6) is 0 Å². The highest BCUT2D eigenvalue weighted by molar-refractivity contribution is 7.26. The average Bonchev–Trinajstić information content (AvgIpc) is 4.14. The van der Waals surface area contributed by atoms with Crippen LogP contribution >= 0.6 is 11.3 Å². The Kier molecular flexibility index (Phi) is 8.37. The molecular formula is C63H40N2OS. The van der Waals surface area contributed by atoms with Gasteiger partial charge in [0.1, 0.15) is 16.8 Å². The normalized spacial score (nSPS) is 12.9. The fraction of sp³-hybridized carbons (Fsp3) is 0.0159. The maximum absolute atomic E-state index is 7.09. The molecule has 3 heterocycles. The molecule has 1 aliphatic carbocycles. The highest BCUT2D eigenvalue weighted by Crippen LogP contribution is 2.60. The molecule has 0 radical (unpaired) electrons. The van der Waals surface area contributed by atoms with Crippen LogP contribution in [0, 0.1) is 0 Å². The van der Waals surface area contributed by atoms with Crippen molar-refractivity contribution in [3.05, 3.63) is 265 Å². The number of anilines is 3. The summed E-state index contributed by atoms with van der Waals surface area (Å²) in [6, 6.07) is 88.5. The predicted molar refractivity (Wildman–Crippen MR) is 281 cm³/mol. The van der Waals surface area contributed by atoms with Gasteiger partial charge in [-0.1, -0.05) is 170 Å². The van der Waals surface area contributed by atoms with Gasteiger partial charge >= 0.3 is 0 Å². The smallest absolute Gasteiger partial charge is 0.135 e. The van der Waals surface area contributed by atoms with Gasteiger partial charge in [0, 0.05) is 54.3 Å². The van der Waals surface area contributed by atoms with Gasteiger partial charge in [-0.15, -0.1) is 11.3 Å². The molecule has 0 fully saturated rings. The maximum atomic E-state index is 7.09. The molecule has 314 valence electrons. The molecule has 0 saturated carbocycles. The number of thiophene rings is 1. The number of furan rings is 1. The fourth-order valence-electron chi connectivity index (χ4n) is 11.2. The summed E-state index contributed by atoms with van der Waals surface area (Å²) in [6.07, 6.45) is 0. The second-order valence-electron chi connectivity index (χ2n) is 17.6. The molecule has 1 aliphatic rings. The van der Waals surface area contributed by atoms with Gasteiger partial charge in [0.25, 0.3) is 0 Å². The van der Waals surface area contributed by atoms with Gasteiger partial charge in [-0.2, -0.15) is 0 Å². The van der Waals surface area contributed by atoms with Gasteiger partial charge in [-0.25, -0.2) is 0 Å². The Morgan fingerprint density at radius 2 is 1.04 bits per heavy atom. The molecule has 0 saturated heterocycles. The number of para-hydroxylation sites is 3. The second-order valence-corrected chi connectivity index (χ2v) is 18.6. The Labute approximate surface area is 391 Å². The summed E-state index contributed by atoms with van der Waals surface area (Å²) in [6.45, 7) is 0. The molecule has 0 amide bonds. The minimum Gasteiger partial charge on any atom is -0.459 e. The number of benzene rings is 10. The minimum absolute atomic E-state index is 0.705. The highest BCUT2D eigenvalue weighted by atomic mass is 32.1. The first kappa shape index (κ1) is 37.9. The topological polar surface area (TPSA) is 21.3 Å². The molecule has 0 aliphatic heterocycles. The largest absolute Gasteiger partial charge is 0.459 e. The third kappa shape index (κ3) is 5.57. The molecule has 0 unspecified atom stereocenters. The predicted octanol–water partition coefficient (Wildman–Crippen LogP) is 17.4. The van der Waals surface area contributed by atoms with Crippen LogP contribution in [-0.4, -0.2) is 4.57 Å². The van der Waals surface area contributed by atoms with Gasteiger partial charge < -0.3 is 13.9 Å². The van der Waals surface area contributed by atoms with Crippen LogP contribution in [0.2, 0.25) is 0 Å². The van der Waals surface area contributed by atoms with E-state index in [9.17, 15) is 0 Å². The summed E-state index contributed by atoms with van der Waals surface area (Å²) >= 11 is 1.86. The highest BCUT2D eigenvalue weighted by Gasteiger charge is 2.50. The molecule has 13 aromatic rings. The van der Waals surface area contributed by atoms with Crippen molar-refractivity contribution in [1.29, 1.82) is 0 Å². The number of aromatic nitrogens is 1. The van der Waals surface area contributed by atoms with Crippen molar-refractivity contribution in [3.8, 4) is 27.9 Å². The van der Waals surface area contributed by atoms with E-state index in [0.717, 1.165) is 45.0 Å². The van der Waals surface area contributed by atoms with E-state index in [1.54, 1.807) is 0 Å². The van der Waals surface area contributed by atoms with E-state index in [2.05, 4.69) is 252 Å². The van der Waals surface area contributed by atoms with Crippen molar-refractivity contribution in [3.63, 3.8) is 0 Å². The van der Waals surface area contributed by atoms with Crippen molar-refractivity contribution < 1.29 is 4.42 Å². The Balaban J connectivity index is 0.981.